The van der Waals surface area contributed by atoms with Crippen LogP contribution in [0.25, 0.3) is 0 Å². The van der Waals surface area contributed by atoms with Gasteiger partial charge in [0.05, 0.1) is 11.8 Å². The van der Waals surface area contributed by atoms with E-state index < -0.39 is 12.0 Å². The Balaban J connectivity index is 1.41. The molecular formula is C25H21ClN4O3S. The van der Waals surface area contributed by atoms with Crippen LogP contribution in [0.5, 0.6) is 0 Å². The van der Waals surface area contributed by atoms with Gasteiger partial charge in [0.2, 0.25) is 11.1 Å². The predicted octanol–water partition coefficient (Wildman–Crippen LogP) is 5.85. The molecule has 2 aromatic heterocycles. The predicted molar refractivity (Wildman–Crippen MR) is 130 cm³/mol. The number of carbonyl (C=O) groups is 1. The first-order valence-corrected chi connectivity index (χ1v) is 12.0. The molecule has 172 valence electrons. The van der Waals surface area contributed by atoms with Crippen molar-refractivity contribution in [2.75, 3.05) is 5.32 Å². The lowest BCUT2D eigenvalue weighted by molar-refractivity contribution is -0.140. The number of thioether (sulfide) groups is 1. The number of nitrogens with one attached hydrogen (secondary N) is 1. The Kier molecular flexibility index (Phi) is 6.42. The highest BCUT2D eigenvalue weighted by Gasteiger charge is 2.37. The summed E-state index contributed by atoms with van der Waals surface area (Å²) in [7, 11) is 0. The topological polar surface area (TPSA) is 82.2 Å². The third-order valence-corrected chi connectivity index (χ3v) is 6.65. The van der Waals surface area contributed by atoms with Crippen LogP contribution in [0, 0.1) is 0 Å². The second-order valence-corrected chi connectivity index (χ2v) is 9.04. The summed E-state index contributed by atoms with van der Waals surface area (Å²) in [6.07, 6.45) is 1.57. The minimum Gasteiger partial charge on any atom is -0.467 e. The van der Waals surface area contributed by atoms with Crippen molar-refractivity contribution in [1.29, 1.82) is 0 Å². The van der Waals surface area contributed by atoms with Gasteiger partial charge in [-0.25, -0.2) is 9.48 Å². The lowest BCUT2D eigenvalue weighted by atomic mass is 10.0. The number of allylic oxidation sites excluding steroid dienone is 1. The van der Waals surface area contributed by atoms with Crippen molar-refractivity contribution in [1.82, 2.24) is 14.8 Å². The molecule has 3 heterocycles. The molecule has 0 fully saturated rings. The van der Waals surface area contributed by atoms with Gasteiger partial charge in [-0.1, -0.05) is 71.9 Å². The molecule has 0 saturated carbocycles. The van der Waals surface area contributed by atoms with Crippen LogP contribution in [0.15, 0.2) is 93.8 Å². The van der Waals surface area contributed by atoms with Gasteiger partial charge < -0.3 is 14.5 Å². The van der Waals surface area contributed by atoms with Crippen LogP contribution in [0.4, 0.5) is 5.95 Å². The average molecular weight is 493 g/mol. The normalized spacial score (nSPS) is 15.1. The zero-order valence-electron chi connectivity index (χ0n) is 18.3. The van der Waals surface area contributed by atoms with Gasteiger partial charge in [0, 0.05) is 16.5 Å². The van der Waals surface area contributed by atoms with Gasteiger partial charge in [0.1, 0.15) is 18.4 Å². The first-order chi connectivity index (χ1) is 16.6. The van der Waals surface area contributed by atoms with Gasteiger partial charge in [-0.05, 0) is 36.2 Å². The molecule has 1 aliphatic heterocycles. The molecule has 0 spiro atoms. The summed E-state index contributed by atoms with van der Waals surface area (Å²) >= 11 is 7.75. The molecule has 1 atom stereocenters. The van der Waals surface area contributed by atoms with Crippen LogP contribution < -0.4 is 5.32 Å². The molecule has 1 aliphatic rings. The lowest BCUT2D eigenvalue weighted by Gasteiger charge is -2.26. The van der Waals surface area contributed by atoms with E-state index in [1.165, 1.54) is 11.8 Å². The molecule has 5 rings (SSSR count). The van der Waals surface area contributed by atoms with Gasteiger partial charge in [-0.15, -0.1) is 5.10 Å². The number of fused-ring (bicyclic) bond motifs is 1. The van der Waals surface area contributed by atoms with Crippen molar-refractivity contribution in [2.45, 2.75) is 30.5 Å². The van der Waals surface area contributed by atoms with E-state index in [4.69, 9.17) is 20.8 Å². The Bertz CT molecular complexity index is 1340. The summed E-state index contributed by atoms with van der Waals surface area (Å²) in [4.78, 5) is 17.8. The number of carbonyl (C=O) groups excluding carboxylic acids is 1. The van der Waals surface area contributed by atoms with Crippen LogP contribution in [-0.4, -0.2) is 20.7 Å². The van der Waals surface area contributed by atoms with E-state index in [0.29, 0.717) is 38.9 Å². The fourth-order valence-electron chi connectivity index (χ4n) is 3.73. The highest BCUT2D eigenvalue weighted by Crippen LogP contribution is 2.37. The maximum absolute atomic E-state index is 13.2. The fourth-order valence-corrected chi connectivity index (χ4v) is 4.84. The number of anilines is 1. The molecule has 0 bridgehead atoms. The van der Waals surface area contributed by atoms with Crippen LogP contribution in [0.1, 0.15) is 29.9 Å². The Morgan fingerprint density at radius 3 is 2.71 bits per heavy atom. The number of halogens is 1. The number of nitrogens with zero attached hydrogens (tertiary/aromatic N) is 3. The quantitative estimate of drug-likeness (QED) is 0.256. The third-order valence-electron chi connectivity index (χ3n) is 5.39. The molecular weight excluding hydrogens is 472 g/mol. The number of furan rings is 1. The van der Waals surface area contributed by atoms with Crippen molar-refractivity contribution in [2.24, 2.45) is 0 Å². The molecule has 0 saturated heterocycles. The first-order valence-electron chi connectivity index (χ1n) is 10.6. The summed E-state index contributed by atoms with van der Waals surface area (Å²) in [5, 5.41) is 9.14. The lowest BCUT2D eigenvalue weighted by Crippen LogP contribution is -2.29. The smallest absolute Gasteiger partial charge is 0.338 e. The van der Waals surface area contributed by atoms with Crippen LogP contribution in [-0.2, 0) is 21.9 Å². The Labute approximate surface area is 205 Å². The molecule has 7 nitrogen and oxygen atoms in total. The van der Waals surface area contributed by atoms with Gasteiger partial charge in [0.25, 0.3) is 0 Å². The number of hydrogen-bond donors (Lipinski definition) is 1. The van der Waals surface area contributed by atoms with Crippen molar-refractivity contribution < 1.29 is 13.9 Å². The molecule has 34 heavy (non-hydrogen) atoms. The summed E-state index contributed by atoms with van der Waals surface area (Å²) in [6, 6.07) is 20.2. The molecule has 2 aromatic carbocycles. The Hall–Kier alpha value is -3.49. The maximum Gasteiger partial charge on any atom is 0.338 e. The van der Waals surface area contributed by atoms with Gasteiger partial charge >= 0.3 is 5.97 Å². The number of hydrogen-bond acceptors (Lipinski definition) is 7. The summed E-state index contributed by atoms with van der Waals surface area (Å²) in [6.45, 7) is 1.99. The van der Waals surface area contributed by atoms with Gasteiger partial charge in [0.15, 0.2) is 0 Å². The van der Waals surface area contributed by atoms with Crippen molar-refractivity contribution in [3.63, 3.8) is 0 Å². The largest absolute Gasteiger partial charge is 0.467 e. The van der Waals surface area contributed by atoms with Crippen molar-refractivity contribution in [3.8, 4) is 0 Å². The SMILES string of the molecule is CC1=C(C(=O)OCc2ccccc2)C(c2ccco2)n2nc(SCc3ccccc3Cl)nc2N1. The molecule has 0 aliphatic carbocycles. The third kappa shape index (κ3) is 4.60. The molecule has 9 heteroatoms. The van der Waals surface area contributed by atoms with E-state index in [9.17, 15) is 4.79 Å². The summed E-state index contributed by atoms with van der Waals surface area (Å²) in [5.41, 5.74) is 2.97. The number of esters is 1. The van der Waals surface area contributed by atoms with Crippen molar-refractivity contribution >= 4 is 35.3 Å². The molecule has 1 unspecified atom stereocenters. The Morgan fingerprint density at radius 1 is 1.15 bits per heavy atom. The molecule has 0 amide bonds. The van der Waals surface area contributed by atoms with E-state index >= 15 is 0 Å². The second-order valence-electron chi connectivity index (χ2n) is 7.69. The standard InChI is InChI=1S/C25H21ClN4O3S/c1-16-21(23(31)33-14-17-8-3-2-4-9-17)22(20-12-7-13-32-20)30-24(27-16)28-25(29-30)34-15-18-10-5-6-11-19(18)26/h2-13,22H,14-15H2,1H3,(H,27,28,29). The van der Waals surface area contributed by atoms with Crippen molar-refractivity contribution in [3.05, 3.63) is 106 Å². The zero-order chi connectivity index (χ0) is 23.5. The zero-order valence-corrected chi connectivity index (χ0v) is 19.8. The first kappa shape index (κ1) is 22.3. The van der Waals surface area contributed by atoms with E-state index in [0.717, 1.165) is 11.1 Å². The monoisotopic (exact) mass is 492 g/mol. The molecule has 0 radical (unpaired) electrons. The minimum absolute atomic E-state index is 0.171. The number of aromatic nitrogens is 3. The highest BCUT2D eigenvalue weighted by molar-refractivity contribution is 7.98. The molecule has 1 N–H and O–H groups in total. The van der Waals surface area contributed by atoms with Crippen LogP contribution in [0.2, 0.25) is 5.02 Å². The Morgan fingerprint density at radius 2 is 1.94 bits per heavy atom. The number of ether oxygens (including phenoxy) is 1. The summed E-state index contributed by atoms with van der Waals surface area (Å²) in [5.74, 6) is 1.27. The molecule has 4 aromatic rings. The number of benzene rings is 2. The van der Waals surface area contributed by atoms with Gasteiger partial charge in [-0.3, -0.25) is 0 Å². The second kappa shape index (κ2) is 9.79. The van der Waals surface area contributed by atoms with E-state index in [1.54, 1.807) is 17.0 Å². The maximum atomic E-state index is 13.2. The fraction of sp³-hybridized carbons (Fsp3) is 0.160. The van der Waals surface area contributed by atoms with E-state index in [2.05, 4.69) is 15.4 Å². The van der Waals surface area contributed by atoms with Crippen LogP contribution in [0.3, 0.4) is 0 Å². The van der Waals surface area contributed by atoms with E-state index in [1.807, 2.05) is 67.6 Å². The van der Waals surface area contributed by atoms with Gasteiger partial charge in [-0.2, -0.15) is 4.98 Å². The number of rotatable bonds is 7. The highest BCUT2D eigenvalue weighted by atomic mass is 35.5. The average Bonchev–Trinajstić information content (AvgIpc) is 3.52. The van der Waals surface area contributed by atoms with Crippen LogP contribution >= 0.6 is 23.4 Å². The summed E-state index contributed by atoms with van der Waals surface area (Å²) < 4.78 is 13.0. The van der Waals surface area contributed by atoms with E-state index in [-0.39, 0.29) is 6.61 Å². The minimum atomic E-state index is -0.600.